The van der Waals surface area contributed by atoms with Gasteiger partial charge in [0.2, 0.25) is 0 Å². The lowest BCUT2D eigenvalue weighted by molar-refractivity contribution is -0.384. The van der Waals surface area contributed by atoms with E-state index in [0.717, 1.165) is 66.1 Å². The standard InChI is InChI=1S/C51H32N6O2/c58-57(59)45-27-15-11-23-38(45)41-32-35(51-53-49(33-16-4-1-5-17-33)52-50(54-51)34-18-6-2-7-19-34)28-30-44(41)56-43-26-14-12-24-40(43)47-46(56)31-29-39-37-22-10-13-25-42(37)55(48(39)47)36-20-8-3-9-21-36/h1-32H. The highest BCUT2D eigenvalue weighted by Gasteiger charge is 2.25. The Bertz CT molecular complexity index is 3350. The Balaban J connectivity index is 1.22. The van der Waals surface area contributed by atoms with Gasteiger partial charge in [-0.1, -0.05) is 133 Å². The van der Waals surface area contributed by atoms with Crippen molar-refractivity contribution in [2.75, 3.05) is 0 Å². The fourth-order valence-electron chi connectivity index (χ4n) is 8.50. The molecular weight excluding hydrogens is 729 g/mol. The van der Waals surface area contributed by atoms with E-state index in [9.17, 15) is 10.1 Å². The average Bonchev–Trinajstić information content (AvgIpc) is 3.82. The van der Waals surface area contributed by atoms with Crippen molar-refractivity contribution in [3.8, 4) is 56.7 Å². The van der Waals surface area contributed by atoms with Crippen molar-refractivity contribution in [3.63, 3.8) is 0 Å². The molecule has 0 spiro atoms. The van der Waals surface area contributed by atoms with Crippen LogP contribution in [0, 0.1) is 10.1 Å². The van der Waals surface area contributed by atoms with Crippen molar-refractivity contribution in [2.24, 2.45) is 0 Å². The van der Waals surface area contributed by atoms with Crippen molar-refractivity contribution >= 4 is 49.3 Å². The van der Waals surface area contributed by atoms with Gasteiger partial charge in [-0.15, -0.1) is 0 Å². The molecule has 0 unspecified atom stereocenters. The van der Waals surface area contributed by atoms with Gasteiger partial charge in [0.05, 0.1) is 38.2 Å². The van der Waals surface area contributed by atoms with Gasteiger partial charge in [0, 0.05) is 55.6 Å². The number of hydrogen-bond acceptors (Lipinski definition) is 5. The molecule has 11 rings (SSSR count). The molecule has 0 amide bonds. The number of hydrogen-bond donors (Lipinski definition) is 0. The maximum absolute atomic E-state index is 12.7. The molecule has 0 atom stereocenters. The van der Waals surface area contributed by atoms with Crippen LogP contribution in [-0.2, 0) is 0 Å². The third-order valence-electron chi connectivity index (χ3n) is 11.1. The second-order valence-electron chi connectivity index (χ2n) is 14.4. The Kier molecular flexibility index (Phi) is 7.94. The van der Waals surface area contributed by atoms with Gasteiger partial charge in [0.15, 0.2) is 17.5 Å². The summed E-state index contributed by atoms with van der Waals surface area (Å²) < 4.78 is 4.59. The highest BCUT2D eigenvalue weighted by Crippen LogP contribution is 2.45. The monoisotopic (exact) mass is 760 g/mol. The molecule has 8 aromatic carbocycles. The number of nitro benzene ring substituents is 1. The number of nitrogens with zero attached hydrogens (tertiary/aromatic N) is 6. The maximum Gasteiger partial charge on any atom is 0.277 e. The number of fused-ring (bicyclic) bond motifs is 7. The molecule has 0 saturated carbocycles. The SMILES string of the molecule is O=[N+]([O-])c1ccccc1-c1cc(-c2nc(-c3ccccc3)nc(-c3ccccc3)n2)ccc1-n1c2ccccc2c2c1ccc1c3ccccc3n(-c3ccccc3)c12. The molecule has 0 N–H and O–H groups in total. The van der Waals surface area contributed by atoms with E-state index in [0.29, 0.717) is 34.2 Å². The predicted molar refractivity (Wildman–Crippen MR) is 237 cm³/mol. The number of nitro groups is 1. The summed E-state index contributed by atoms with van der Waals surface area (Å²) in [7, 11) is 0. The van der Waals surface area contributed by atoms with Crippen LogP contribution in [-0.4, -0.2) is 29.0 Å². The second-order valence-corrected chi connectivity index (χ2v) is 14.4. The zero-order valence-corrected chi connectivity index (χ0v) is 31.5. The highest BCUT2D eigenvalue weighted by molar-refractivity contribution is 6.26. The zero-order valence-electron chi connectivity index (χ0n) is 31.5. The third kappa shape index (κ3) is 5.57. The van der Waals surface area contributed by atoms with E-state index in [1.165, 1.54) is 0 Å². The highest BCUT2D eigenvalue weighted by atomic mass is 16.6. The molecule has 0 radical (unpaired) electrons. The molecule has 278 valence electrons. The van der Waals surface area contributed by atoms with Crippen molar-refractivity contribution in [2.45, 2.75) is 0 Å². The molecule has 8 nitrogen and oxygen atoms in total. The fourth-order valence-corrected chi connectivity index (χ4v) is 8.50. The summed E-state index contributed by atoms with van der Waals surface area (Å²) in [6, 6.07) is 64.4. The molecule has 0 bridgehead atoms. The minimum absolute atomic E-state index is 0.00357. The van der Waals surface area contributed by atoms with Crippen molar-refractivity contribution in [1.82, 2.24) is 24.1 Å². The van der Waals surface area contributed by atoms with Crippen molar-refractivity contribution < 1.29 is 4.92 Å². The van der Waals surface area contributed by atoms with Gasteiger partial charge < -0.3 is 9.13 Å². The molecule has 11 aromatic rings. The van der Waals surface area contributed by atoms with E-state index in [1.807, 2.05) is 103 Å². The van der Waals surface area contributed by atoms with Gasteiger partial charge in [0.1, 0.15) is 0 Å². The van der Waals surface area contributed by atoms with E-state index >= 15 is 0 Å². The van der Waals surface area contributed by atoms with Crippen LogP contribution in [0.2, 0.25) is 0 Å². The van der Waals surface area contributed by atoms with Crippen LogP contribution in [0.1, 0.15) is 0 Å². The van der Waals surface area contributed by atoms with Crippen LogP contribution in [0.25, 0.3) is 100 Å². The lowest BCUT2D eigenvalue weighted by Gasteiger charge is -2.16. The summed E-state index contributed by atoms with van der Waals surface area (Å²) in [4.78, 5) is 27.3. The Morgan fingerprint density at radius 1 is 0.424 bits per heavy atom. The van der Waals surface area contributed by atoms with Crippen LogP contribution in [0.5, 0.6) is 0 Å². The van der Waals surface area contributed by atoms with Crippen LogP contribution >= 0.6 is 0 Å². The number of rotatable bonds is 7. The van der Waals surface area contributed by atoms with E-state index in [2.05, 4.69) is 88.0 Å². The first-order valence-corrected chi connectivity index (χ1v) is 19.4. The Morgan fingerprint density at radius 2 is 0.966 bits per heavy atom. The Morgan fingerprint density at radius 3 is 1.63 bits per heavy atom. The second kappa shape index (κ2) is 13.8. The summed E-state index contributed by atoms with van der Waals surface area (Å²) >= 11 is 0. The minimum atomic E-state index is -0.316. The van der Waals surface area contributed by atoms with E-state index in [1.54, 1.807) is 12.1 Å². The Hall–Kier alpha value is -8.23. The average molecular weight is 761 g/mol. The first-order valence-electron chi connectivity index (χ1n) is 19.4. The summed E-state index contributed by atoms with van der Waals surface area (Å²) in [5.41, 5.74) is 9.59. The smallest absolute Gasteiger partial charge is 0.277 e. The van der Waals surface area contributed by atoms with Crippen LogP contribution < -0.4 is 0 Å². The van der Waals surface area contributed by atoms with Gasteiger partial charge in [0.25, 0.3) is 5.69 Å². The molecule has 3 heterocycles. The number of para-hydroxylation sites is 4. The molecule has 0 aliphatic carbocycles. The first-order chi connectivity index (χ1) is 29.1. The van der Waals surface area contributed by atoms with Gasteiger partial charge in [-0.05, 0) is 54.6 Å². The normalized spacial score (nSPS) is 11.5. The van der Waals surface area contributed by atoms with Crippen molar-refractivity contribution in [1.29, 1.82) is 0 Å². The quantitative estimate of drug-likeness (QED) is 0.119. The lowest BCUT2D eigenvalue weighted by atomic mass is 9.98. The molecule has 8 heteroatoms. The summed E-state index contributed by atoms with van der Waals surface area (Å²) in [5.74, 6) is 1.53. The van der Waals surface area contributed by atoms with Crippen LogP contribution in [0.3, 0.4) is 0 Å². The van der Waals surface area contributed by atoms with Gasteiger partial charge in [-0.25, -0.2) is 15.0 Å². The van der Waals surface area contributed by atoms with Gasteiger partial charge in [-0.2, -0.15) is 0 Å². The summed E-state index contributed by atoms with van der Waals surface area (Å²) in [5, 5.41) is 17.2. The molecule has 0 fully saturated rings. The van der Waals surface area contributed by atoms with Crippen LogP contribution in [0.15, 0.2) is 194 Å². The van der Waals surface area contributed by atoms with Gasteiger partial charge in [-0.3, -0.25) is 10.1 Å². The number of aromatic nitrogens is 5. The molecule has 0 aliphatic heterocycles. The minimum Gasteiger partial charge on any atom is -0.309 e. The zero-order chi connectivity index (χ0) is 39.5. The molecule has 0 saturated heterocycles. The predicted octanol–water partition coefficient (Wildman–Crippen LogP) is 12.6. The van der Waals surface area contributed by atoms with E-state index in [4.69, 9.17) is 15.0 Å². The molecule has 3 aromatic heterocycles. The van der Waals surface area contributed by atoms with E-state index in [-0.39, 0.29) is 10.6 Å². The number of benzene rings is 8. The third-order valence-corrected chi connectivity index (χ3v) is 11.1. The van der Waals surface area contributed by atoms with E-state index < -0.39 is 0 Å². The maximum atomic E-state index is 12.7. The van der Waals surface area contributed by atoms with Gasteiger partial charge >= 0.3 is 0 Å². The first kappa shape index (κ1) is 34.1. The fraction of sp³-hybridized carbons (Fsp3) is 0. The lowest BCUT2D eigenvalue weighted by Crippen LogP contribution is -2.02. The summed E-state index contributed by atoms with van der Waals surface area (Å²) in [6.45, 7) is 0. The largest absolute Gasteiger partial charge is 0.309 e. The van der Waals surface area contributed by atoms with Crippen molar-refractivity contribution in [3.05, 3.63) is 204 Å². The molecule has 0 aliphatic rings. The topological polar surface area (TPSA) is 91.7 Å². The van der Waals surface area contributed by atoms with Crippen LogP contribution in [0.4, 0.5) is 5.69 Å². The Labute approximate surface area is 338 Å². The molecular formula is C51H32N6O2. The summed E-state index contributed by atoms with van der Waals surface area (Å²) in [6.07, 6.45) is 0. The molecule has 59 heavy (non-hydrogen) atoms.